The zero-order chi connectivity index (χ0) is 10.8. The van der Waals surface area contributed by atoms with E-state index in [-0.39, 0.29) is 0 Å². The molecule has 0 heteroatoms. The largest absolute Gasteiger partial charge is 0.0648 e. The minimum absolute atomic E-state index is 0.661. The van der Waals surface area contributed by atoms with Crippen LogP contribution in [0.15, 0.2) is 36.4 Å². The monoisotopic (exact) mass is 198 g/mol. The summed E-state index contributed by atoms with van der Waals surface area (Å²) in [5.74, 6) is 0.661. The fraction of sp³-hybridized carbons (Fsp3) is 0.333. The molecule has 0 aliphatic carbocycles. The SMILES string of the molecule is CC[C@@H](C)c1ccc2cccc(C)c2c1. The molecule has 0 radical (unpaired) electrons. The Hall–Kier alpha value is -1.30. The molecule has 15 heavy (non-hydrogen) atoms. The Morgan fingerprint density at radius 1 is 1.13 bits per heavy atom. The van der Waals surface area contributed by atoms with Crippen molar-refractivity contribution in [3.05, 3.63) is 47.5 Å². The highest BCUT2D eigenvalue weighted by molar-refractivity contribution is 5.86. The minimum atomic E-state index is 0.661. The van der Waals surface area contributed by atoms with Crippen LogP contribution in [-0.4, -0.2) is 0 Å². The average molecular weight is 198 g/mol. The second-order valence-corrected chi connectivity index (χ2v) is 4.36. The molecule has 0 aliphatic heterocycles. The molecule has 0 N–H and O–H groups in total. The number of benzene rings is 2. The highest BCUT2D eigenvalue weighted by Crippen LogP contribution is 2.25. The molecule has 0 aromatic heterocycles. The topological polar surface area (TPSA) is 0 Å². The second-order valence-electron chi connectivity index (χ2n) is 4.36. The normalized spacial score (nSPS) is 13.0. The van der Waals surface area contributed by atoms with Crippen LogP contribution in [0.4, 0.5) is 0 Å². The number of rotatable bonds is 2. The first-order valence-corrected chi connectivity index (χ1v) is 5.71. The molecule has 0 unspecified atom stereocenters. The van der Waals surface area contributed by atoms with Gasteiger partial charge >= 0.3 is 0 Å². The zero-order valence-corrected chi connectivity index (χ0v) is 9.75. The third-order valence-corrected chi connectivity index (χ3v) is 3.31. The molecule has 0 nitrogen and oxygen atoms in total. The number of aryl methyl sites for hydroxylation is 1. The van der Waals surface area contributed by atoms with Gasteiger partial charge in [-0.25, -0.2) is 0 Å². The summed E-state index contributed by atoms with van der Waals surface area (Å²) in [6, 6.07) is 13.3. The van der Waals surface area contributed by atoms with Crippen LogP contribution in [0.3, 0.4) is 0 Å². The summed E-state index contributed by atoms with van der Waals surface area (Å²) in [6.07, 6.45) is 1.21. The van der Waals surface area contributed by atoms with E-state index in [9.17, 15) is 0 Å². The van der Waals surface area contributed by atoms with Crippen molar-refractivity contribution in [1.82, 2.24) is 0 Å². The summed E-state index contributed by atoms with van der Waals surface area (Å²) in [5.41, 5.74) is 2.83. The van der Waals surface area contributed by atoms with Gasteiger partial charge in [-0.1, -0.05) is 50.2 Å². The van der Waals surface area contributed by atoms with Crippen molar-refractivity contribution in [2.45, 2.75) is 33.1 Å². The van der Waals surface area contributed by atoms with Gasteiger partial charge in [-0.2, -0.15) is 0 Å². The predicted molar refractivity (Wildman–Crippen MR) is 67.4 cm³/mol. The first-order valence-electron chi connectivity index (χ1n) is 5.71. The van der Waals surface area contributed by atoms with Crippen molar-refractivity contribution in [3.8, 4) is 0 Å². The Morgan fingerprint density at radius 2 is 1.93 bits per heavy atom. The number of hydrogen-bond acceptors (Lipinski definition) is 0. The number of hydrogen-bond donors (Lipinski definition) is 0. The van der Waals surface area contributed by atoms with Crippen LogP contribution >= 0.6 is 0 Å². The fourth-order valence-electron chi connectivity index (χ4n) is 1.99. The summed E-state index contributed by atoms with van der Waals surface area (Å²) in [4.78, 5) is 0. The van der Waals surface area contributed by atoms with Crippen LogP contribution in [0.25, 0.3) is 10.8 Å². The first kappa shape index (κ1) is 10.2. The molecule has 0 heterocycles. The molecule has 0 saturated carbocycles. The van der Waals surface area contributed by atoms with Gasteiger partial charge in [0.25, 0.3) is 0 Å². The smallest absolute Gasteiger partial charge is 0.0152 e. The van der Waals surface area contributed by atoms with Crippen LogP contribution in [0, 0.1) is 6.92 Å². The van der Waals surface area contributed by atoms with Crippen LogP contribution < -0.4 is 0 Å². The van der Waals surface area contributed by atoms with E-state index in [0.29, 0.717) is 5.92 Å². The third kappa shape index (κ3) is 1.90. The first-order chi connectivity index (χ1) is 7.22. The molecule has 0 amide bonds. The van der Waals surface area contributed by atoms with Crippen LogP contribution in [0.1, 0.15) is 37.3 Å². The molecular weight excluding hydrogens is 180 g/mol. The maximum Gasteiger partial charge on any atom is -0.0152 e. The summed E-state index contributed by atoms with van der Waals surface area (Å²) in [7, 11) is 0. The van der Waals surface area contributed by atoms with Gasteiger partial charge in [0.15, 0.2) is 0 Å². The van der Waals surface area contributed by atoms with E-state index in [1.54, 1.807) is 0 Å². The molecule has 1 atom stereocenters. The predicted octanol–water partition coefficient (Wildman–Crippen LogP) is 4.66. The summed E-state index contributed by atoms with van der Waals surface area (Å²) >= 11 is 0. The van der Waals surface area contributed by atoms with E-state index in [1.807, 2.05) is 0 Å². The fourth-order valence-corrected chi connectivity index (χ4v) is 1.99. The molecule has 0 saturated heterocycles. The summed E-state index contributed by atoms with van der Waals surface area (Å²) in [6.45, 7) is 6.72. The molecular formula is C15H18. The lowest BCUT2D eigenvalue weighted by atomic mass is 9.94. The quantitative estimate of drug-likeness (QED) is 0.658. The van der Waals surface area contributed by atoms with E-state index in [1.165, 1.54) is 28.3 Å². The van der Waals surface area contributed by atoms with Crippen molar-refractivity contribution < 1.29 is 0 Å². The summed E-state index contributed by atoms with van der Waals surface area (Å²) in [5, 5.41) is 2.75. The lowest BCUT2D eigenvalue weighted by molar-refractivity contribution is 0.734. The third-order valence-electron chi connectivity index (χ3n) is 3.31. The highest BCUT2D eigenvalue weighted by atomic mass is 14.1. The Labute approximate surface area is 91.9 Å². The van der Waals surface area contributed by atoms with Gasteiger partial charge in [-0.05, 0) is 41.2 Å². The maximum atomic E-state index is 2.35. The molecule has 0 fully saturated rings. The van der Waals surface area contributed by atoms with Crippen LogP contribution in [-0.2, 0) is 0 Å². The summed E-state index contributed by atoms with van der Waals surface area (Å²) < 4.78 is 0. The van der Waals surface area contributed by atoms with Crippen LogP contribution in [0.2, 0.25) is 0 Å². The van der Waals surface area contributed by atoms with Gasteiger partial charge in [0.05, 0.1) is 0 Å². The van der Waals surface area contributed by atoms with E-state index in [2.05, 4.69) is 57.2 Å². The maximum absolute atomic E-state index is 2.35. The Kier molecular flexibility index (Phi) is 2.77. The van der Waals surface area contributed by atoms with E-state index >= 15 is 0 Å². The van der Waals surface area contributed by atoms with Crippen molar-refractivity contribution >= 4 is 10.8 Å². The van der Waals surface area contributed by atoms with Crippen molar-refractivity contribution in [1.29, 1.82) is 0 Å². The molecule has 78 valence electrons. The van der Waals surface area contributed by atoms with Gasteiger partial charge in [-0.15, -0.1) is 0 Å². The van der Waals surface area contributed by atoms with E-state index in [4.69, 9.17) is 0 Å². The standard InChI is InChI=1S/C15H18/c1-4-11(2)14-9-8-13-7-5-6-12(3)15(13)10-14/h5-11H,4H2,1-3H3/t11-/m1/s1. The van der Waals surface area contributed by atoms with Crippen LogP contribution in [0.5, 0.6) is 0 Å². The Morgan fingerprint density at radius 3 is 2.67 bits per heavy atom. The van der Waals surface area contributed by atoms with Gasteiger partial charge in [0.2, 0.25) is 0 Å². The lowest BCUT2D eigenvalue weighted by Gasteiger charge is -2.11. The van der Waals surface area contributed by atoms with Gasteiger partial charge in [0.1, 0.15) is 0 Å². The van der Waals surface area contributed by atoms with Crippen molar-refractivity contribution in [2.75, 3.05) is 0 Å². The Bertz CT molecular complexity index is 468. The molecule has 2 rings (SSSR count). The number of fused-ring (bicyclic) bond motifs is 1. The average Bonchev–Trinajstić information content (AvgIpc) is 2.28. The van der Waals surface area contributed by atoms with E-state index < -0.39 is 0 Å². The minimum Gasteiger partial charge on any atom is -0.0648 e. The highest BCUT2D eigenvalue weighted by Gasteiger charge is 2.04. The Balaban J connectivity index is 2.59. The van der Waals surface area contributed by atoms with Crippen molar-refractivity contribution in [3.63, 3.8) is 0 Å². The van der Waals surface area contributed by atoms with Crippen molar-refractivity contribution in [2.24, 2.45) is 0 Å². The molecule has 2 aromatic carbocycles. The molecule has 2 aromatic rings. The lowest BCUT2D eigenvalue weighted by Crippen LogP contribution is -1.91. The molecule has 0 spiro atoms. The second kappa shape index (κ2) is 4.06. The van der Waals surface area contributed by atoms with E-state index in [0.717, 1.165) is 0 Å². The molecule has 0 bridgehead atoms. The zero-order valence-electron chi connectivity index (χ0n) is 9.75. The van der Waals surface area contributed by atoms with Gasteiger partial charge in [-0.3, -0.25) is 0 Å². The van der Waals surface area contributed by atoms with Gasteiger partial charge < -0.3 is 0 Å². The van der Waals surface area contributed by atoms with Gasteiger partial charge in [0, 0.05) is 0 Å². The molecule has 0 aliphatic rings.